The fourth-order valence-electron chi connectivity index (χ4n) is 1.53. The Hall–Kier alpha value is -1.79. The third kappa shape index (κ3) is 5.61. The molecule has 0 saturated heterocycles. The molecule has 0 heterocycles. The van der Waals surface area contributed by atoms with Crippen molar-refractivity contribution in [2.75, 3.05) is 6.61 Å². The first kappa shape index (κ1) is 17.3. The minimum Gasteiger partial charge on any atom is -0.480 e. The lowest BCUT2D eigenvalue weighted by Gasteiger charge is -2.16. The van der Waals surface area contributed by atoms with Gasteiger partial charge < -0.3 is 15.2 Å². The molecule has 0 aliphatic heterocycles. The summed E-state index contributed by atoms with van der Waals surface area (Å²) >= 11 is 11.9. The third-order valence-electron chi connectivity index (χ3n) is 2.51. The topological polar surface area (TPSA) is 92.7 Å². The molecule has 1 amide bonds. The van der Waals surface area contributed by atoms with E-state index in [2.05, 4.69) is 10.1 Å². The second-order valence-corrected chi connectivity index (χ2v) is 4.96. The first-order chi connectivity index (χ1) is 9.81. The van der Waals surface area contributed by atoms with Crippen LogP contribution >= 0.6 is 23.2 Å². The molecule has 0 aromatic heterocycles. The molecule has 2 N–H and O–H groups in total. The number of amides is 1. The Morgan fingerprint density at radius 2 is 1.86 bits per heavy atom. The maximum Gasteiger partial charge on any atom is 0.326 e. The van der Waals surface area contributed by atoms with Gasteiger partial charge in [-0.15, -0.1) is 0 Å². The highest BCUT2D eigenvalue weighted by molar-refractivity contribution is 6.36. The highest BCUT2D eigenvalue weighted by atomic mass is 35.5. The number of benzene rings is 1. The molecular formula is C13H13Cl2NO5. The average molecular weight is 334 g/mol. The number of esters is 1. The zero-order chi connectivity index (χ0) is 16.0. The lowest BCUT2D eigenvalue weighted by atomic mass is 10.1. The van der Waals surface area contributed by atoms with E-state index in [-0.39, 0.29) is 6.42 Å². The highest BCUT2D eigenvalue weighted by Gasteiger charge is 2.23. The summed E-state index contributed by atoms with van der Waals surface area (Å²) < 4.78 is 4.49. The van der Waals surface area contributed by atoms with Crippen molar-refractivity contribution in [1.29, 1.82) is 0 Å². The number of halogens is 2. The Bertz CT molecular complexity index is 541. The van der Waals surface area contributed by atoms with Crippen LogP contribution in [-0.2, 0) is 25.5 Å². The van der Waals surface area contributed by atoms with Gasteiger partial charge in [-0.05, 0) is 17.7 Å². The molecule has 8 heteroatoms. The van der Waals surface area contributed by atoms with Gasteiger partial charge in [-0.1, -0.05) is 29.3 Å². The molecule has 1 atom stereocenters. The van der Waals surface area contributed by atoms with Crippen LogP contribution in [0.25, 0.3) is 0 Å². The number of carbonyl (C=O) groups excluding carboxylic acids is 2. The standard InChI is InChI=1S/C13H13Cl2NO5/c1-7(17)21-6-12(18)16-11(13(19)20)5-8-9(14)3-2-4-10(8)15/h2-4,11H,5-6H2,1H3,(H,16,18)(H,19,20)/t11-/m1/s1. The molecule has 114 valence electrons. The Balaban J connectivity index is 2.77. The van der Waals surface area contributed by atoms with Crippen LogP contribution in [0.15, 0.2) is 18.2 Å². The number of rotatable bonds is 6. The van der Waals surface area contributed by atoms with Crippen LogP contribution in [0.4, 0.5) is 0 Å². The van der Waals surface area contributed by atoms with E-state index in [9.17, 15) is 14.4 Å². The average Bonchev–Trinajstić information content (AvgIpc) is 2.39. The lowest BCUT2D eigenvalue weighted by Crippen LogP contribution is -2.44. The van der Waals surface area contributed by atoms with E-state index in [0.29, 0.717) is 15.6 Å². The fourth-order valence-corrected chi connectivity index (χ4v) is 2.09. The summed E-state index contributed by atoms with van der Waals surface area (Å²) in [6.45, 7) is 0.598. The van der Waals surface area contributed by atoms with Gasteiger partial charge in [-0.3, -0.25) is 9.59 Å². The summed E-state index contributed by atoms with van der Waals surface area (Å²) in [6, 6.07) is 3.54. The van der Waals surface area contributed by atoms with Crippen LogP contribution in [0.1, 0.15) is 12.5 Å². The van der Waals surface area contributed by atoms with Crippen LogP contribution in [0, 0.1) is 0 Å². The van der Waals surface area contributed by atoms with Crippen LogP contribution < -0.4 is 5.32 Å². The molecule has 0 fully saturated rings. The summed E-state index contributed by atoms with van der Waals surface area (Å²) in [5.41, 5.74) is 0.418. The van der Waals surface area contributed by atoms with Crippen molar-refractivity contribution in [1.82, 2.24) is 5.32 Å². The van der Waals surface area contributed by atoms with Gasteiger partial charge in [0.1, 0.15) is 6.04 Å². The molecule has 1 rings (SSSR count). The van der Waals surface area contributed by atoms with Crippen molar-refractivity contribution in [3.63, 3.8) is 0 Å². The van der Waals surface area contributed by atoms with Gasteiger partial charge in [-0.2, -0.15) is 0 Å². The minimum atomic E-state index is -1.25. The monoisotopic (exact) mass is 333 g/mol. The summed E-state index contributed by atoms with van der Waals surface area (Å²) in [4.78, 5) is 33.3. The number of aliphatic carboxylic acids is 1. The van der Waals surface area contributed by atoms with Gasteiger partial charge in [0.2, 0.25) is 0 Å². The summed E-state index contributed by atoms with van der Waals surface area (Å²) in [6.07, 6.45) is -0.0837. The normalized spacial score (nSPS) is 11.6. The number of hydrogen-bond donors (Lipinski definition) is 2. The van der Waals surface area contributed by atoms with Gasteiger partial charge >= 0.3 is 11.9 Å². The molecule has 0 aliphatic carbocycles. The number of carboxylic acids is 1. The predicted molar refractivity (Wildman–Crippen MR) is 76.4 cm³/mol. The van der Waals surface area contributed by atoms with Crippen LogP contribution in [0.5, 0.6) is 0 Å². The number of carbonyl (C=O) groups is 3. The van der Waals surface area contributed by atoms with Gasteiger partial charge in [0.05, 0.1) is 0 Å². The molecule has 1 aromatic rings. The van der Waals surface area contributed by atoms with Crippen LogP contribution in [0.2, 0.25) is 10.0 Å². The molecular weight excluding hydrogens is 321 g/mol. The van der Waals surface area contributed by atoms with E-state index < -0.39 is 30.5 Å². The van der Waals surface area contributed by atoms with Gasteiger partial charge in [0.15, 0.2) is 6.61 Å². The van der Waals surface area contributed by atoms with Crippen LogP contribution in [0.3, 0.4) is 0 Å². The van der Waals surface area contributed by atoms with E-state index in [0.717, 1.165) is 6.92 Å². The Morgan fingerprint density at radius 1 is 1.29 bits per heavy atom. The number of ether oxygens (including phenoxy) is 1. The van der Waals surface area contributed by atoms with E-state index >= 15 is 0 Å². The lowest BCUT2D eigenvalue weighted by molar-refractivity contribution is -0.148. The maximum atomic E-state index is 11.5. The summed E-state index contributed by atoms with van der Waals surface area (Å²) in [5, 5.41) is 12.0. The number of carboxylic acid groups (broad SMARTS) is 1. The number of nitrogens with one attached hydrogen (secondary N) is 1. The van der Waals surface area contributed by atoms with Gasteiger partial charge in [0, 0.05) is 23.4 Å². The summed E-state index contributed by atoms with van der Waals surface area (Å²) in [7, 11) is 0. The molecule has 6 nitrogen and oxygen atoms in total. The van der Waals surface area contributed by atoms with Crippen LogP contribution in [-0.4, -0.2) is 35.6 Å². The van der Waals surface area contributed by atoms with Crippen molar-refractivity contribution >= 4 is 41.0 Å². The quantitative estimate of drug-likeness (QED) is 0.772. The Morgan fingerprint density at radius 3 is 2.33 bits per heavy atom. The smallest absolute Gasteiger partial charge is 0.326 e. The zero-order valence-corrected chi connectivity index (χ0v) is 12.6. The molecule has 0 radical (unpaired) electrons. The van der Waals surface area contributed by atoms with Crippen molar-refractivity contribution < 1.29 is 24.2 Å². The van der Waals surface area contributed by atoms with Crippen molar-refractivity contribution in [2.45, 2.75) is 19.4 Å². The number of hydrogen-bond acceptors (Lipinski definition) is 4. The minimum absolute atomic E-state index is 0.0837. The Kier molecular flexibility index (Phi) is 6.45. The van der Waals surface area contributed by atoms with E-state index in [1.165, 1.54) is 0 Å². The Labute approximate surface area is 131 Å². The molecule has 21 heavy (non-hydrogen) atoms. The molecule has 0 aliphatic rings. The van der Waals surface area contributed by atoms with Crippen molar-refractivity contribution in [3.05, 3.63) is 33.8 Å². The highest BCUT2D eigenvalue weighted by Crippen LogP contribution is 2.25. The SMILES string of the molecule is CC(=O)OCC(=O)N[C@H](Cc1c(Cl)cccc1Cl)C(=O)O. The predicted octanol–water partition coefficient (Wildman–Crippen LogP) is 1.67. The first-order valence-corrected chi connectivity index (χ1v) is 6.65. The summed E-state index contributed by atoms with van der Waals surface area (Å²) in [5.74, 6) is -2.60. The van der Waals surface area contributed by atoms with Crippen molar-refractivity contribution in [3.8, 4) is 0 Å². The molecule has 0 spiro atoms. The largest absolute Gasteiger partial charge is 0.480 e. The van der Waals surface area contributed by atoms with Gasteiger partial charge in [-0.25, -0.2) is 4.79 Å². The zero-order valence-electron chi connectivity index (χ0n) is 11.1. The molecule has 0 saturated carbocycles. The molecule has 1 aromatic carbocycles. The molecule has 0 unspecified atom stereocenters. The van der Waals surface area contributed by atoms with Gasteiger partial charge in [0.25, 0.3) is 5.91 Å². The van der Waals surface area contributed by atoms with E-state index in [4.69, 9.17) is 28.3 Å². The second kappa shape index (κ2) is 7.85. The third-order valence-corrected chi connectivity index (χ3v) is 3.22. The second-order valence-electron chi connectivity index (χ2n) is 4.14. The maximum absolute atomic E-state index is 11.5. The fraction of sp³-hybridized carbons (Fsp3) is 0.308. The molecule has 0 bridgehead atoms. The van der Waals surface area contributed by atoms with E-state index in [1.54, 1.807) is 18.2 Å². The van der Waals surface area contributed by atoms with Crippen molar-refractivity contribution in [2.24, 2.45) is 0 Å². The van der Waals surface area contributed by atoms with E-state index in [1.807, 2.05) is 0 Å². The first-order valence-electron chi connectivity index (χ1n) is 5.89.